The molecule has 1 heterocycles. The summed E-state index contributed by atoms with van der Waals surface area (Å²) >= 11 is 0.897. The first-order chi connectivity index (χ1) is 9.69. The number of benzene rings is 2. The summed E-state index contributed by atoms with van der Waals surface area (Å²) in [6.45, 7) is 0. The minimum absolute atomic E-state index is 0.176. The molecule has 0 aliphatic rings. The molecule has 1 aromatic heterocycles. The molecule has 0 aliphatic carbocycles. The highest BCUT2D eigenvalue weighted by Crippen LogP contribution is 2.32. The summed E-state index contributed by atoms with van der Waals surface area (Å²) in [7, 11) is -3.58. The van der Waals surface area contributed by atoms with E-state index < -0.39 is 9.84 Å². The average Bonchev–Trinajstić information content (AvgIpc) is 2.99. The van der Waals surface area contributed by atoms with Gasteiger partial charge in [-0.15, -0.1) is 5.10 Å². The van der Waals surface area contributed by atoms with E-state index in [1.54, 1.807) is 30.3 Å². The topological polar surface area (TPSA) is 59.9 Å². The smallest absolute Gasteiger partial charge is 0.218 e. The lowest BCUT2D eigenvalue weighted by molar-refractivity contribution is 0.598. The Bertz CT molecular complexity index is 813. The number of hydrogen-bond acceptors (Lipinski definition) is 5. The van der Waals surface area contributed by atoms with Crippen LogP contribution in [0, 0.1) is 0 Å². The highest BCUT2D eigenvalue weighted by molar-refractivity contribution is 7.93. The monoisotopic (exact) mass is 302 g/mol. The van der Waals surface area contributed by atoms with Crippen LogP contribution < -0.4 is 0 Å². The summed E-state index contributed by atoms with van der Waals surface area (Å²) in [6.07, 6.45) is 0. The van der Waals surface area contributed by atoms with Crippen molar-refractivity contribution in [1.82, 2.24) is 9.59 Å². The molecular formula is C14H10N2O2S2. The number of rotatable bonds is 3. The fraction of sp³-hybridized carbons (Fsp3) is 0. The van der Waals surface area contributed by atoms with Gasteiger partial charge in [0.25, 0.3) is 0 Å². The normalized spacial score (nSPS) is 11.4. The van der Waals surface area contributed by atoms with Crippen molar-refractivity contribution in [2.24, 2.45) is 0 Å². The van der Waals surface area contributed by atoms with Gasteiger partial charge in [0.15, 0.2) is 4.21 Å². The molecular weight excluding hydrogens is 292 g/mol. The average molecular weight is 302 g/mol. The van der Waals surface area contributed by atoms with Gasteiger partial charge < -0.3 is 0 Å². The summed E-state index contributed by atoms with van der Waals surface area (Å²) in [4.78, 5) is 0.253. The molecule has 20 heavy (non-hydrogen) atoms. The lowest BCUT2D eigenvalue weighted by atomic mass is 10.2. The van der Waals surface area contributed by atoms with Crippen molar-refractivity contribution in [1.29, 1.82) is 0 Å². The van der Waals surface area contributed by atoms with Crippen molar-refractivity contribution in [2.45, 2.75) is 9.10 Å². The van der Waals surface area contributed by atoms with Gasteiger partial charge in [0.05, 0.1) is 4.90 Å². The van der Waals surface area contributed by atoms with Crippen molar-refractivity contribution in [3.63, 3.8) is 0 Å². The lowest BCUT2D eigenvalue weighted by Gasteiger charge is -2.03. The van der Waals surface area contributed by atoms with E-state index >= 15 is 0 Å². The molecule has 2 aromatic carbocycles. The lowest BCUT2D eigenvalue weighted by Crippen LogP contribution is -2.01. The van der Waals surface area contributed by atoms with E-state index in [0.29, 0.717) is 5.69 Å². The minimum atomic E-state index is -3.58. The number of aromatic nitrogens is 2. The third-order valence-electron chi connectivity index (χ3n) is 2.80. The molecule has 0 saturated heterocycles. The first-order valence-electron chi connectivity index (χ1n) is 5.87. The van der Waals surface area contributed by atoms with Gasteiger partial charge in [-0.2, -0.15) is 0 Å². The molecule has 6 heteroatoms. The van der Waals surface area contributed by atoms with Crippen LogP contribution in [0.25, 0.3) is 11.3 Å². The van der Waals surface area contributed by atoms with Crippen LogP contribution in [-0.2, 0) is 9.84 Å². The van der Waals surface area contributed by atoms with Crippen LogP contribution in [0.1, 0.15) is 0 Å². The van der Waals surface area contributed by atoms with Crippen LogP contribution >= 0.6 is 11.5 Å². The second-order valence-electron chi connectivity index (χ2n) is 4.09. The predicted molar refractivity (Wildman–Crippen MR) is 77.2 cm³/mol. The van der Waals surface area contributed by atoms with E-state index in [-0.39, 0.29) is 9.10 Å². The maximum Gasteiger partial charge on any atom is 0.219 e. The van der Waals surface area contributed by atoms with Gasteiger partial charge in [-0.05, 0) is 12.1 Å². The molecule has 0 fully saturated rings. The maximum absolute atomic E-state index is 12.6. The zero-order chi connectivity index (χ0) is 14.0. The highest BCUT2D eigenvalue weighted by atomic mass is 32.2. The van der Waals surface area contributed by atoms with Gasteiger partial charge in [0, 0.05) is 17.1 Å². The van der Waals surface area contributed by atoms with E-state index in [1.165, 1.54) is 0 Å². The van der Waals surface area contributed by atoms with Crippen LogP contribution in [0.5, 0.6) is 0 Å². The Morgan fingerprint density at radius 2 is 1.45 bits per heavy atom. The fourth-order valence-corrected chi connectivity index (χ4v) is 4.20. The standard InChI is InChI=1S/C14H10N2O2S2/c17-20(18,12-9-5-2-6-10-12)14-13(15-16-19-14)11-7-3-1-4-8-11/h1-10H. The largest absolute Gasteiger partial charge is 0.219 e. The molecule has 0 aliphatic heterocycles. The van der Waals surface area contributed by atoms with E-state index in [4.69, 9.17) is 0 Å². The van der Waals surface area contributed by atoms with E-state index in [1.807, 2.05) is 30.3 Å². The quantitative estimate of drug-likeness (QED) is 0.746. The van der Waals surface area contributed by atoms with Gasteiger partial charge in [-0.25, -0.2) is 8.42 Å². The Hall–Kier alpha value is -2.05. The Morgan fingerprint density at radius 1 is 0.850 bits per heavy atom. The Balaban J connectivity index is 2.16. The predicted octanol–water partition coefficient (Wildman–Crippen LogP) is 3.04. The number of hydrogen-bond donors (Lipinski definition) is 0. The molecule has 0 saturated carbocycles. The Labute approximate surface area is 120 Å². The van der Waals surface area contributed by atoms with Crippen molar-refractivity contribution >= 4 is 21.4 Å². The van der Waals surface area contributed by atoms with Crippen molar-refractivity contribution in [2.75, 3.05) is 0 Å². The van der Waals surface area contributed by atoms with Gasteiger partial charge in [0.2, 0.25) is 9.84 Å². The van der Waals surface area contributed by atoms with Crippen molar-refractivity contribution in [3.8, 4) is 11.3 Å². The Morgan fingerprint density at radius 3 is 2.10 bits per heavy atom. The Kier molecular flexibility index (Phi) is 3.33. The van der Waals surface area contributed by atoms with Crippen LogP contribution in [0.2, 0.25) is 0 Å². The zero-order valence-corrected chi connectivity index (χ0v) is 11.9. The van der Waals surface area contributed by atoms with E-state index in [0.717, 1.165) is 17.1 Å². The van der Waals surface area contributed by atoms with Crippen LogP contribution in [0.4, 0.5) is 0 Å². The molecule has 0 N–H and O–H groups in total. The second kappa shape index (κ2) is 5.15. The van der Waals surface area contributed by atoms with Crippen molar-refractivity contribution < 1.29 is 8.42 Å². The third-order valence-corrected chi connectivity index (χ3v) is 5.78. The first kappa shape index (κ1) is 13.0. The molecule has 0 radical (unpaired) electrons. The second-order valence-corrected chi connectivity index (χ2v) is 6.99. The SMILES string of the molecule is O=S(=O)(c1ccccc1)c1snnc1-c1ccccc1. The molecule has 3 rings (SSSR count). The molecule has 100 valence electrons. The molecule has 0 unspecified atom stereocenters. The third kappa shape index (κ3) is 2.23. The zero-order valence-electron chi connectivity index (χ0n) is 10.3. The summed E-state index contributed by atoms with van der Waals surface area (Å²) in [5, 5.41) is 3.97. The minimum Gasteiger partial charge on any atom is -0.218 e. The molecule has 0 amide bonds. The van der Waals surface area contributed by atoms with Crippen molar-refractivity contribution in [3.05, 3.63) is 60.7 Å². The van der Waals surface area contributed by atoms with E-state index in [9.17, 15) is 8.42 Å². The van der Waals surface area contributed by atoms with Crippen LogP contribution in [0.3, 0.4) is 0 Å². The maximum atomic E-state index is 12.6. The summed E-state index contributed by atoms with van der Waals surface area (Å²) < 4.78 is 29.2. The number of nitrogens with zero attached hydrogens (tertiary/aromatic N) is 2. The van der Waals surface area contributed by atoms with Gasteiger partial charge in [-0.3, -0.25) is 0 Å². The van der Waals surface area contributed by atoms with Gasteiger partial charge in [0.1, 0.15) is 5.69 Å². The molecule has 0 atom stereocenters. The summed E-state index contributed by atoms with van der Waals surface area (Å²) in [5.41, 5.74) is 1.15. The van der Waals surface area contributed by atoms with E-state index in [2.05, 4.69) is 9.59 Å². The summed E-state index contributed by atoms with van der Waals surface area (Å²) in [5.74, 6) is 0. The molecule has 0 bridgehead atoms. The number of sulfone groups is 1. The highest BCUT2D eigenvalue weighted by Gasteiger charge is 2.25. The molecule has 4 nitrogen and oxygen atoms in total. The van der Waals surface area contributed by atoms with Gasteiger partial charge in [-0.1, -0.05) is 53.0 Å². The fourth-order valence-electron chi connectivity index (χ4n) is 1.84. The molecule has 0 spiro atoms. The van der Waals surface area contributed by atoms with Gasteiger partial charge >= 0.3 is 0 Å². The summed E-state index contributed by atoms with van der Waals surface area (Å²) in [6, 6.07) is 17.5. The van der Waals surface area contributed by atoms with Crippen LogP contribution in [-0.4, -0.2) is 18.0 Å². The van der Waals surface area contributed by atoms with Crippen LogP contribution in [0.15, 0.2) is 69.8 Å². The first-order valence-corrected chi connectivity index (χ1v) is 8.13. The molecule has 3 aromatic rings.